The van der Waals surface area contributed by atoms with Crippen LogP contribution in [-0.2, 0) is 29.1 Å². The van der Waals surface area contributed by atoms with Crippen LogP contribution in [0.5, 0.6) is 0 Å². The van der Waals surface area contributed by atoms with Gasteiger partial charge in [0.15, 0.2) is 0 Å². The predicted molar refractivity (Wildman–Crippen MR) is 117 cm³/mol. The van der Waals surface area contributed by atoms with Gasteiger partial charge in [-0.05, 0) is 34.7 Å². The minimum atomic E-state index is -0.490. The molecule has 0 saturated carbocycles. The third kappa shape index (κ3) is 4.82. The highest BCUT2D eigenvalue weighted by Gasteiger charge is 2.34. The summed E-state index contributed by atoms with van der Waals surface area (Å²) in [6.07, 6.45) is 4.11. The molecule has 160 valence electrons. The molecular weight excluding hydrogens is 390 g/mol. The van der Waals surface area contributed by atoms with Crippen molar-refractivity contribution in [3.63, 3.8) is 0 Å². The zero-order chi connectivity index (χ0) is 21.8. The van der Waals surface area contributed by atoms with Crippen molar-refractivity contribution in [2.75, 3.05) is 0 Å². The van der Waals surface area contributed by atoms with Crippen molar-refractivity contribution in [3.8, 4) is 5.69 Å². The van der Waals surface area contributed by atoms with Crippen LogP contribution in [0, 0.1) is 5.92 Å². The van der Waals surface area contributed by atoms with E-state index >= 15 is 0 Å². The van der Waals surface area contributed by atoms with Gasteiger partial charge in [-0.15, -0.1) is 0 Å². The lowest BCUT2D eigenvalue weighted by Crippen LogP contribution is -2.52. The number of benzene rings is 2. The Balaban J connectivity index is 1.45. The first-order valence-corrected chi connectivity index (χ1v) is 10.6. The number of hydrogen-bond donors (Lipinski definition) is 1. The molecule has 7 nitrogen and oxygen atoms in total. The topological polar surface area (TPSA) is 80.1 Å². The summed E-state index contributed by atoms with van der Waals surface area (Å²) in [5.74, 6) is 0.158. The first kappa shape index (κ1) is 20.8. The summed E-state index contributed by atoms with van der Waals surface area (Å²) >= 11 is 0. The van der Waals surface area contributed by atoms with Crippen LogP contribution in [0.2, 0.25) is 0 Å². The maximum absolute atomic E-state index is 13.1. The molecule has 1 aliphatic rings. The highest BCUT2D eigenvalue weighted by molar-refractivity contribution is 5.88. The van der Waals surface area contributed by atoms with Crippen LogP contribution in [0.15, 0.2) is 61.2 Å². The molecule has 1 atom stereocenters. The summed E-state index contributed by atoms with van der Waals surface area (Å²) in [5.41, 5.74) is 4.14. The lowest BCUT2D eigenvalue weighted by molar-refractivity contribution is -0.142. The first-order chi connectivity index (χ1) is 15.0. The zero-order valence-electron chi connectivity index (χ0n) is 17.9. The van der Waals surface area contributed by atoms with Crippen molar-refractivity contribution < 1.29 is 9.59 Å². The van der Waals surface area contributed by atoms with Gasteiger partial charge in [-0.1, -0.05) is 50.2 Å². The quantitative estimate of drug-likeness (QED) is 0.669. The Labute approximate surface area is 182 Å². The van der Waals surface area contributed by atoms with Crippen LogP contribution >= 0.6 is 0 Å². The van der Waals surface area contributed by atoms with Gasteiger partial charge in [-0.2, -0.15) is 5.10 Å². The van der Waals surface area contributed by atoms with E-state index in [1.54, 1.807) is 15.9 Å². The smallest absolute Gasteiger partial charge is 0.243 e. The molecule has 3 aromatic rings. The molecule has 2 aromatic carbocycles. The number of fused-ring (bicyclic) bond motifs is 1. The minimum absolute atomic E-state index is 0.0295. The van der Waals surface area contributed by atoms with Gasteiger partial charge in [0.05, 0.1) is 5.69 Å². The van der Waals surface area contributed by atoms with E-state index in [1.165, 1.54) is 6.33 Å². The van der Waals surface area contributed by atoms with E-state index in [0.717, 1.165) is 22.4 Å². The van der Waals surface area contributed by atoms with Gasteiger partial charge in [0.2, 0.25) is 11.8 Å². The lowest BCUT2D eigenvalue weighted by Gasteiger charge is -2.36. The summed E-state index contributed by atoms with van der Waals surface area (Å²) in [5, 5.41) is 7.14. The van der Waals surface area contributed by atoms with E-state index in [2.05, 4.69) is 15.4 Å². The van der Waals surface area contributed by atoms with Gasteiger partial charge in [0.1, 0.15) is 18.7 Å². The Bertz CT molecular complexity index is 1040. The molecule has 2 amide bonds. The lowest BCUT2D eigenvalue weighted by atomic mass is 9.92. The van der Waals surface area contributed by atoms with E-state index in [9.17, 15) is 9.59 Å². The minimum Gasteiger partial charge on any atom is -0.350 e. The average molecular weight is 418 g/mol. The van der Waals surface area contributed by atoms with Crippen LogP contribution in [0.25, 0.3) is 5.69 Å². The number of nitrogens with one attached hydrogen (secondary N) is 1. The van der Waals surface area contributed by atoms with E-state index in [4.69, 9.17) is 0 Å². The molecule has 7 heteroatoms. The number of hydrogen-bond acceptors (Lipinski definition) is 4. The maximum Gasteiger partial charge on any atom is 0.243 e. The number of rotatable bonds is 6. The Morgan fingerprint density at radius 3 is 2.52 bits per heavy atom. The molecule has 0 radical (unpaired) electrons. The zero-order valence-corrected chi connectivity index (χ0v) is 17.9. The number of amides is 2. The van der Waals surface area contributed by atoms with Crippen molar-refractivity contribution >= 4 is 11.8 Å². The largest absolute Gasteiger partial charge is 0.350 e. The van der Waals surface area contributed by atoms with Gasteiger partial charge in [-0.3, -0.25) is 9.59 Å². The fourth-order valence-electron chi connectivity index (χ4n) is 3.90. The number of aromatic nitrogens is 3. The number of nitrogens with zero attached hydrogens (tertiary/aromatic N) is 4. The molecule has 2 heterocycles. The van der Waals surface area contributed by atoms with Crippen LogP contribution in [0.4, 0.5) is 0 Å². The van der Waals surface area contributed by atoms with Crippen molar-refractivity contribution in [2.45, 2.75) is 45.8 Å². The molecule has 1 aliphatic heterocycles. The third-order valence-corrected chi connectivity index (χ3v) is 5.54. The Morgan fingerprint density at radius 1 is 1.10 bits per heavy atom. The molecule has 0 saturated heterocycles. The van der Waals surface area contributed by atoms with Crippen molar-refractivity contribution in [1.82, 2.24) is 25.0 Å². The van der Waals surface area contributed by atoms with E-state index in [0.29, 0.717) is 25.9 Å². The van der Waals surface area contributed by atoms with Gasteiger partial charge in [0, 0.05) is 25.9 Å². The normalized spacial score (nSPS) is 15.6. The average Bonchev–Trinajstić information content (AvgIpc) is 3.31. The Kier molecular flexibility index (Phi) is 6.11. The van der Waals surface area contributed by atoms with Crippen LogP contribution in [0.1, 0.15) is 37.0 Å². The van der Waals surface area contributed by atoms with E-state index in [1.807, 2.05) is 62.4 Å². The van der Waals surface area contributed by atoms with Crippen molar-refractivity contribution in [2.24, 2.45) is 5.92 Å². The molecule has 0 aliphatic carbocycles. The van der Waals surface area contributed by atoms with Crippen LogP contribution in [0.3, 0.4) is 0 Å². The van der Waals surface area contributed by atoms with Gasteiger partial charge in [0.25, 0.3) is 0 Å². The van der Waals surface area contributed by atoms with Crippen LogP contribution < -0.4 is 5.32 Å². The maximum atomic E-state index is 13.1. The fraction of sp³-hybridized carbons (Fsp3) is 0.333. The SMILES string of the molecule is CC(C)CC(=O)N1Cc2ccccc2CC1C(=O)NCc1ccc(-n2cncn2)cc1. The number of carbonyl (C=O) groups is 2. The van der Waals surface area contributed by atoms with Gasteiger partial charge >= 0.3 is 0 Å². The molecule has 0 spiro atoms. The summed E-state index contributed by atoms with van der Waals surface area (Å²) in [4.78, 5) is 31.7. The van der Waals surface area contributed by atoms with Crippen LogP contribution in [-0.4, -0.2) is 37.5 Å². The van der Waals surface area contributed by atoms with Gasteiger partial charge in [-0.25, -0.2) is 9.67 Å². The van der Waals surface area contributed by atoms with E-state index < -0.39 is 6.04 Å². The molecule has 0 bridgehead atoms. The van der Waals surface area contributed by atoms with E-state index in [-0.39, 0.29) is 17.7 Å². The summed E-state index contributed by atoms with van der Waals surface area (Å²) in [6, 6.07) is 15.3. The van der Waals surface area contributed by atoms with Crippen molar-refractivity contribution in [3.05, 3.63) is 77.9 Å². The first-order valence-electron chi connectivity index (χ1n) is 10.6. The third-order valence-electron chi connectivity index (χ3n) is 5.54. The molecule has 4 rings (SSSR count). The fourth-order valence-corrected chi connectivity index (χ4v) is 3.90. The highest BCUT2D eigenvalue weighted by Crippen LogP contribution is 2.25. The summed E-state index contributed by atoms with van der Waals surface area (Å²) < 4.78 is 1.68. The predicted octanol–water partition coefficient (Wildman–Crippen LogP) is 2.88. The summed E-state index contributed by atoms with van der Waals surface area (Å²) in [7, 11) is 0. The monoisotopic (exact) mass is 417 g/mol. The highest BCUT2D eigenvalue weighted by atomic mass is 16.2. The molecular formula is C24H27N5O2. The molecule has 1 N–H and O–H groups in total. The molecule has 31 heavy (non-hydrogen) atoms. The summed E-state index contributed by atoms with van der Waals surface area (Å²) in [6.45, 7) is 4.93. The van der Waals surface area contributed by atoms with Crippen molar-refractivity contribution in [1.29, 1.82) is 0 Å². The standard InChI is InChI=1S/C24H27N5O2/c1-17(2)11-23(30)28-14-20-6-4-3-5-19(20)12-22(28)24(31)26-13-18-7-9-21(10-8-18)29-16-25-15-27-29/h3-10,15-17,22H,11-14H2,1-2H3,(H,26,31). The Hall–Kier alpha value is -3.48. The second-order valence-corrected chi connectivity index (χ2v) is 8.33. The number of carbonyl (C=O) groups excluding carboxylic acids is 2. The second-order valence-electron chi connectivity index (χ2n) is 8.33. The second kappa shape index (κ2) is 9.12. The molecule has 0 fully saturated rings. The molecule has 1 unspecified atom stereocenters. The Morgan fingerprint density at radius 2 is 1.84 bits per heavy atom. The molecule has 1 aromatic heterocycles. The van der Waals surface area contributed by atoms with Gasteiger partial charge < -0.3 is 10.2 Å².